The van der Waals surface area contributed by atoms with Crippen LogP contribution in [-0.2, 0) is 0 Å². The molecule has 1 heteroatoms. The smallest absolute Gasteiger partial charge is 0.0482 e. The van der Waals surface area contributed by atoms with Crippen molar-refractivity contribution in [1.29, 1.82) is 0 Å². The van der Waals surface area contributed by atoms with E-state index in [2.05, 4.69) is 31.0 Å². The number of rotatable bonds is 3. The highest BCUT2D eigenvalue weighted by Crippen LogP contribution is 2.11. The standard InChI is InChI=1S/C11H15N/c1-9(2)12-10(3)11-7-5-4-6-8-11/h4-8,10,12H,1H2,2-3H3/t10-/m1/s1. The minimum absolute atomic E-state index is 0.351. The summed E-state index contributed by atoms with van der Waals surface area (Å²) in [5, 5.41) is 3.26. The summed E-state index contributed by atoms with van der Waals surface area (Å²) < 4.78 is 0. The Morgan fingerprint density at radius 3 is 2.42 bits per heavy atom. The van der Waals surface area contributed by atoms with Crippen molar-refractivity contribution in [2.24, 2.45) is 0 Å². The molecule has 0 saturated heterocycles. The van der Waals surface area contributed by atoms with E-state index in [1.165, 1.54) is 5.56 Å². The molecule has 1 nitrogen and oxygen atoms in total. The largest absolute Gasteiger partial charge is 0.383 e. The van der Waals surface area contributed by atoms with Gasteiger partial charge in [0.15, 0.2) is 0 Å². The summed E-state index contributed by atoms with van der Waals surface area (Å²) in [6, 6.07) is 10.7. The molecule has 0 unspecified atom stereocenters. The van der Waals surface area contributed by atoms with Crippen molar-refractivity contribution >= 4 is 0 Å². The molecule has 0 aliphatic rings. The van der Waals surface area contributed by atoms with Crippen LogP contribution in [0.5, 0.6) is 0 Å². The summed E-state index contributed by atoms with van der Waals surface area (Å²) in [6.45, 7) is 7.91. The maximum absolute atomic E-state index is 3.81. The topological polar surface area (TPSA) is 12.0 Å². The lowest BCUT2D eigenvalue weighted by Gasteiger charge is -2.14. The molecule has 1 N–H and O–H groups in total. The number of nitrogens with one attached hydrogen (secondary N) is 1. The lowest BCUT2D eigenvalue weighted by molar-refractivity contribution is 0.656. The monoisotopic (exact) mass is 161 g/mol. The van der Waals surface area contributed by atoms with Gasteiger partial charge in [-0.25, -0.2) is 0 Å². The number of allylic oxidation sites excluding steroid dienone is 1. The molecular weight excluding hydrogens is 146 g/mol. The molecule has 0 aromatic heterocycles. The van der Waals surface area contributed by atoms with E-state index < -0.39 is 0 Å². The molecule has 0 saturated carbocycles. The third-order valence-electron chi connectivity index (χ3n) is 1.76. The van der Waals surface area contributed by atoms with Crippen molar-refractivity contribution in [2.75, 3.05) is 0 Å². The van der Waals surface area contributed by atoms with Gasteiger partial charge in [0.05, 0.1) is 0 Å². The summed E-state index contributed by atoms with van der Waals surface area (Å²) in [6.07, 6.45) is 0. The average Bonchev–Trinajstić information content (AvgIpc) is 2.05. The van der Waals surface area contributed by atoms with Gasteiger partial charge < -0.3 is 5.32 Å². The molecule has 1 rings (SSSR count). The summed E-state index contributed by atoms with van der Waals surface area (Å²) in [4.78, 5) is 0. The molecule has 0 amide bonds. The summed E-state index contributed by atoms with van der Waals surface area (Å²) in [5.41, 5.74) is 2.30. The van der Waals surface area contributed by atoms with Crippen molar-refractivity contribution in [3.05, 3.63) is 48.2 Å². The molecule has 0 aliphatic carbocycles. The normalized spacial score (nSPS) is 12.2. The van der Waals surface area contributed by atoms with E-state index in [1.54, 1.807) is 0 Å². The second-order valence-corrected chi connectivity index (χ2v) is 3.06. The Morgan fingerprint density at radius 1 is 1.33 bits per heavy atom. The number of benzene rings is 1. The maximum atomic E-state index is 3.81. The first-order chi connectivity index (χ1) is 5.70. The lowest BCUT2D eigenvalue weighted by atomic mass is 10.1. The molecule has 1 aromatic carbocycles. The van der Waals surface area contributed by atoms with Crippen molar-refractivity contribution < 1.29 is 0 Å². The van der Waals surface area contributed by atoms with Gasteiger partial charge in [0.2, 0.25) is 0 Å². The van der Waals surface area contributed by atoms with E-state index in [-0.39, 0.29) is 0 Å². The summed E-state index contributed by atoms with van der Waals surface area (Å²) in [5.74, 6) is 0. The van der Waals surface area contributed by atoms with E-state index in [1.807, 2.05) is 25.1 Å². The SMILES string of the molecule is C=C(C)N[C@H](C)c1ccccc1. The van der Waals surface area contributed by atoms with Gasteiger partial charge in [-0.3, -0.25) is 0 Å². The van der Waals surface area contributed by atoms with Crippen LogP contribution in [0.3, 0.4) is 0 Å². The molecule has 12 heavy (non-hydrogen) atoms. The zero-order chi connectivity index (χ0) is 8.97. The van der Waals surface area contributed by atoms with Gasteiger partial charge in [-0.1, -0.05) is 36.9 Å². The first-order valence-electron chi connectivity index (χ1n) is 4.17. The Kier molecular flexibility index (Phi) is 2.92. The molecule has 1 aromatic rings. The Hall–Kier alpha value is -1.24. The highest BCUT2D eigenvalue weighted by atomic mass is 14.9. The molecule has 0 bridgehead atoms. The van der Waals surface area contributed by atoms with E-state index >= 15 is 0 Å². The van der Waals surface area contributed by atoms with E-state index in [9.17, 15) is 0 Å². The van der Waals surface area contributed by atoms with Crippen molar-refractivity contribution in [1.82, 2.24) is 5.32 Å². The van der Waals surface area contributed by atoms with Gasteiger partial charge in [0.1, 0.15) is 0 Å². The van der Waals surface area contributed by atoms with Crippen LogP contribution in [-0.4, -0.2) is 0 Å². The average molecular weight is 161 g/mol. The fraction of sp³-hybridized carbons (Fsp3) is 0.273. The summed E-state index contributed by atoms with van der Waals surface area (Å²) >= 11 is 0. The van der Waals surface area contributed by atoms with Crippen LogP contribution in [0.2, 0.25) is 0 Å². The molecular formula is C11H15N. The zero-order valence-electron chi connectivity index (χ0n) is 7.67. The third kappa shape index (κ3) is 2.42. The van der Waals surface area contributed by atoms with Gasteiger partial charge >= 0.3 is 0 Å². The van der Waals surface area contributed by atoms with E-state index in [0.29, 0.717) is 6.04 Å². The first-order valence-corrected chi connectivity index (χ1v) is 4.17. The highest BCUT2D eigenvalue weighted by Gasteiger charge is 2.01. The lowest BCUT2D eigenvalue weighted by Crippen LogP contribution is -2.15. The molecule has 0 aliphatic heterocycles. The fourth-order valence-electron chi connectivity index (χ4n) is 1.19. The highest BCUT2D eigenvalue weighted by molar-refractivity contribution is 5.19. The van der Waals surface area contributed by atoms with Crippen LogP contribution in [0.1, 0.15) is 25.5 Å². The van der Waals surface area contributed by atoms with Gasteiger partial charge in [-0.2, -0.15) is 0 Å². The molecule has 0 heterocycles. The van der Waals surface area contributed by atoms with Crippen LogP contribution in [0.15, 0.2) is 42.6 Å². The van der Waals surface area contributed by atoms with Crippen LogP contribution >= 0.6 is 0 Å². The zero-order valence-corrected chi connectivity index (χ0v) is 7.67. The van der Waals surface area contributed by atoms with Crippen LogP contribution < -0.4 is 5.32 Å². The Balaban J connectivity index is 2.65. The van der Waals surface area contributed by atoms with Gasteiger partial charge in [-0.05, 0) is 19.4 Å². The Morgan fingerprint density at radius 2 is 1.92 bits per heavy atom. The summed E-state index contributed by atoms with van der Waals surface area (Å²) in [7, 11) is 0. The predicted octanol–water partition coefficient (Wildman–Crippen LogP) is 2.87. The molecule has 0 fully saturated rings. The van der Waals surface area contributed by atoms with Crippen molar-refractivity contribution in [3.63, 3.8) is 0 Å². The molecule has 1 atom stereocenters. The quantitative estimate of drug-likeness (QED) is 0.718. The third-order valence-corrected chi connectivity index (χ3v) is 1.76. The number of hydrogen-bond donors (Lipinski definition) is 1. The first kappa shape index (κ1) is 8.85. The minimum Gasteiger partial charge on any atom is -0.383 e. The second kappa shape index (κ2) is 3.96. The Bertz CT molecular complexity index is 251. The van der Waals surface area contributed by atoms with Crippen LogP contribution in [0.4, 0.5) is 0 Å². The Labute approximate surface area is 74.1 Å². The van der Waals surface area contributed by atoms with Crippen LogP contribution in [0.25, 0.3) is 0 Å². The predicted molar refractivity (Wildman–Crippen MR) is 52.8 cm³/mol. The van der Waals surface area contributed by atoms with Crippen LogP contribution in [0, 0.1) is 0 Å². The molecule has 0 spiro atoms. The van der Waals surface area contributed by atoms with Crippen molar-refractivity contribution in [2.45, 2.75) is 19.9 Å². The maximum Gasteiger partial charge on any atom is 0.0482 e. The number of hydrogen-bond acceptors (Lipinski definition) is 1. The fourth-order valence-corrected chi connectivity index (χ4v) is 1.19. The minimum atomic E-state index is 0.351. The van der Waals surface area contributed by atoms with Crippen molar-refractivity contribution in [3.8, 4) is 0 Å². The second-order valence-electron chi connectivity index (χ2n) is 3.06. The van der Waals surface area contributed by atoms with Gasteiger partial charge in [0, 0.05) is 11.7 Å². The van der Waals surface area contributed by atoms with E-state index in [0.717, 1.165) is 5.70 Å². The molecule has 64 valence electrons. The van der Waals surface area contributed by atoms with Gasteiger partial charge in [0.25, 0.3) is 0 Å². The van der Waals surface area contributed by atoms with E-state index in [4.69, 9.17) is 0 Å². The van der Waals surface area contributed by atoms with Gasteiger partial charge in [-0.15, -0.1) is 0 Å². The molecule has 0 radical (unpaired) electrons.